The number of imide groups is 1. The Hall–Kier alpha value is -3.50. The number of aromatic nitrogens is 4. The number of carbonyl (C=O) groups excluding carboxylic acids is 3. The Labute approximate surface area is 191 Å². The summed E-state index contributed by atoms with van der Waals surface area (Å²) in [5, 5.41) is 0. The maximum atomic E-state index is 13.0. The van der Waals surface area contributed by atoms with E-state index in [0.29, 0.717) is 12.1 Å². The Bertz CT molecular complexity index is 1070. The molecule has 3 rings (SSSR count). The van der Waals surface area contributed by atoms with E-state index in [1.54, 1.807) is 52.2 Å². The first-order chi connectivity index (χ1) is 15.2. The van der Waals surface area contributed by atoms with Gasteiger partial charge in [-0.05, 0) is 47.6 Å². The third kappa shape index (κ3) is 5.85. The molecule has 0 spiro atoms. The van der Waals surface area contributed by atoms with Crippen LogP contribution in [0.5, 0.6) is 0 Å². The van der Waals surface area contributed by atoms with Crippen molar-refractivity contribution in [2.24, 2.45) is 0 Å². The van der Waals surface area contributed by atoms with Crippen LogP contribution in [0.1, 0.15) is 60.9 Å². The Morgan fingerprint density at radius 3 is 2.12 bits per heavy atom. The molecule has 0 aromatic carbocycles. The lowest BCUT2D eigenvalue weighted by Crippen LogP contribution is -2.44. The number of amides is 2. The van der Waals surface area contributed by atoms with Crippen LogP contribution < -0.4 is 4.90 Å². The van der Waals surface area contributed by atoms with Gasteiger partial charge in [-0.15, -0.1) is 0 Å². The van der Waals surface area contributed by atoms with Crippen LogP contribution >= 0.6 is 0 Å². The van der Waals surface area contributed by atoms with Crippen molar-refractivity contribution < 1.29 is 28.6 Å². The molecular weight excluding hydrogens is 430 g/mol. The van der Waals surface area contributed by atoms with Gasteiger partial charge < -0.3 is 18.8 Å². The highest BCUT2D eigenvalue weighted by molar-refractivity contribution is 6.12. The number of rotatable bonds is 3. The maximum absolute atomic E-state index is 13.0. The standard InChI is InChI=1S/C22H29N5O6/c1-13(28)31-15-9-8-14(10-15)26-12-25-16-17(26)23-11-24-18(16)27(19(29)32-21(2,3)4)20(30)33-22(5,6)7/h8-9,11-12,14-15H,10H2,1-7H3/t14-,15-/m0/s1. The lowest BCUT2D eigenvalue weighted by molar-refractivity contribution is -0.144. The lowest BCUT2D eigenvalue weighted by atomic mass is 10.2. The fourth-order valence-corrected chi connectivity index (χ4v) is 3.26. The predicted molar refractivity (Wildman–Crippen MR) is 119 cm³/mol. The van der Waals surface area contributed by atoms with E-state index in [-0.39, 0.29) is 29.4 Å². The molecule has 11 heteroatoms. The van der Waals surface area contributed by atoms with Gasteiger partial charge in [0.25, 0.3) is 0 Å². The number of hydrogen-bond acceptors (Lipinski definition) is 9. The molecule has 178 valence electrons. The molecule has 0 aliphatic heterocycles. The van der Waals surface area contributed by atoms with E-state index in [0.717, 1.165) is 4.90 Å². The van der Waals surface area contributed by atoms with Gasteiger partial charge in [0.05, 0.1) is 12.4 Å². The van der Waals surface area contributed by atoms with Gasteiger partial charge in [0.2, 0.25) is 0 Å². The molecule has 2 aromatic heterocycles. The number of hydrogen-bond donors (Lipinski definition) is 0. The number of ether oxygens (including phenoxy) is 3. The summed E-state index contributed by atoms with van der Waals surface area (Å²) in [4.78, 5) is 50.8. The Morgan fingerprint density at radius 1 is 0.970 bits per heavy atom. The van der Waals surface area contributed by atoms with Crippen LogP contribution in [0.2, 0.25) is 0 Å². The van der Waals surface area contributed by atoms with E-state index in [1.165, 1.54) is 19.6 Å². The van der Waals surface area contributed by atoms with Crippen molar-refractivity contribution >= 4 is 35.1 Å². The van der Waals surface area contributed by atoms with Crippen molar-refractivity contribution in [2.75, 3.05) is 4.90 Å². The molecule has 11 nitrogen and oxygen atoms in total. The van der Waals surface area contributed by atoms with Crippen LogP contribution in [0, 0.1) is 0 Å². The minimum Gasteiger partial charge on any atom is -0.458 e. The Morgan fingerprint density at radius 2 is 1.58 bits per heavy atom. The van der Waals surface area contributed by atoms with Gasteiger partial charge in [0, 0.05) is 13.3 Å². The van der Waals surface area contributed by atoms with Crippen molar-refractivity contribution in [3.63, 3.8) is 0 Å². The molecular formula is C22H29N5O6. The molecule has 0 bridgehead atoms. The number of esters is 1. The second-order valence-electron chi connectivity index (χ2n) is 9.65. The van der Waals surface area contributed by atoms with Crippen molar-refractivity contribution in [1.82, 2.24) is 19.5 Å². The zero-order valence-electron chi connectivity index (χ0n) is 19.9. The number of nitrogens with zero attached hydrogens (tertiary/aromatic N) is 5. The highest BCUT2D eigenvalue weighted by Gasteiger charge is 2.36. The fraction of sp³-hybridized carbons (Fsp3) is 0.545. The summed E-state index contributed by atoms with van der Waals surface area (Å²) < 4.78 is 17.9. The first-order valence-corrected chi connectivity index (χ1v) is 10.5. The van der Waals surface area contributed by atoms with E-state index < -0.39 is 23.4 Å². The molecule has 0 N–H and O–H groups in total. The van der Waals surface area contributed by atoms with Crippen LogP contribution in [-0.2, 0) is 19.0 Å². The monoisotopic (exact) mass is 459 g/mol. The summed E-state index contributed by atoms with van der Waals surface area (Å²) in [6, 6.07) is -0.182. The summed E-state index contributed by atoms with van der Waals surface area (Å²) in [5.41, 5.74) is -1.10. The number of fused-ring (bicyclic) bond motifs is 1. The molecule has 1 aliphatic carbocycles. The number of imidazole rings is 1. The highest BCUT2D eigenvalue weighted by Crippen LogP contribution is 2.31. The Balaban J connectivity index is 2.00. The smallest absolute Gasteiger partial charge is 0.425 e. The third-order valence-corrected chi connectivity index (χ3v) is 4.40. The molecule has 2 heterocycles. The normalized spacial score (nSPS) is 18.3. The highest BCUT2D eigenvalue weighted by atomic mass is 16.6. The first kappa shape index (κ1) is 24.1. The molecule has 33 heavy (non-hydrogen) atoms. The first-order valence-electron chi connectivity index (χ1n) is 10.5. The van der Waals surface area contributed by atoms with Gasteiger partial charge >= 0.3 is 18.2 Å². The van der Waals surface area contributed by atoms with Gasteiger partial charge in [-0.3, -0.25) is 4.79 Å². The van der Waals surface area contributed by atoms with E-state index in [9.17, 15) is 14.4 Å². The summed E-state index contributed by atoms with van der Waals surface area (Å²) in [5.74, 6) is -0.420. The number of anilines is 1. The van der Waals surface area contributed by atoms with E-state index >= 15 is 0 Å². The zero-order chi connectivity index (χ0) is 24.6. The topological polar surface area (TPSA) is 126 Å². The van der Waals surface area contributed by atoms with E-state index in [4.69, 9.17) is 14.2 Å². The van der Waals surface area contributed by atoms with Crippen LogP contribution in [0.15, 0.2) is 24.8 Å². The SMILES string of the molecule is CC(=O)O[C@H]1C=C[C@H](n2cnc3c(N(C(=O)OC(C)(C)C)C(=O)OC(C)(C)C)ncnc32)C1. The molecule has 0 fully saturated rings. The van der Waals surface area contributed by atoms with Gasteiger partial charge in [-0.1, -0.05) is 6.08 Å². The minimum atomic E-state index is -0.943. The van der Waals surface area contributed by atoms with Crippen molar-refractivity contribution in [3.8, 4) is 0 Å². The number of allylic oxidation sites excluding steroid dienone is 1. The zero-order valence-corrected chi connectivity index (χ0v) is 19.9. The maximum Gasteiger partial charge on any atom is 0.425 e. The number of carbonyl (C=O) groups is 3. The lowest BCUT2D eigenvalue weighted by Gasteiger charge is -2.28. The van der Waals surface area contributed by atoms with Crippen molar-refractivity contribution in [1.29, 1.82) is 0 Å². The molecule has 0 saturated carbocycles. The Kier molecular flexibility index (Phi) is 6.44. The summed E-state index contributed by atoms with van der Waals surface area (Å²) >= 11 is 0. The van der Waals surface area contributed by atoms with Gasteiger partial charge in [-0.2, -0.15) is 4.90 Å². The van der Waals surface area contributed by atoms with Gasteiger partial charge in [-0.25, -0.2) is 24.5 Å². The minimum absolute atomic E-state index is 0.0548. The molecule has 2 amide bonds. The second kappa shape index (κ2) is 8.80. The average molecular weight is 460 g/mol. The van der Waals surface area contributed by atoms with Gasteiger partial charge in [0.1, 0.15) is 23.6 Å². The van der Waals surface area contributed by atoms with Crippen molar-refractivity contribution in [3.05, 3.63) is 24.8 Å². The third-order valence-electron chi connectivity index (χ3n) is 4.40. The fourth-order valence-electron chi connectivity index (χ4n) is 3.26. The van der Waals surface area contributed by atoms with E-state index in [2.05, 4.69) is 15.0 Å². The van der Waals surface area contributed by atoms with Gasteiger partial charge in [0.15, 0.2) is 17.0 Å². The average Bonchev–Trinajstić information content (AvgIpc) is 3.25. The predicted octanol–water partition coefficient (Wildman–Crippen LogP) is 3.94. The van der Waals surface area contributed by atoms with Crippen LogP contribution in [0.4, 0.5) is 15.4 Å². The molecule has 0 unspecified atom stereocenters. The second-order valence-corrected chi connectivity index (χ2v) is 9.65. The summed E-state index contributed by atoms with van der Waals surface area (Å²) in [6.45, 7) is 11.5. The quantitative estimate of drug-likeness (QED) is 0.381. The van der Waals surface area contributed by atoms with Crippen molar-refractivity contribution in [2.45, 2.75) is 78.2 Å². The molecule has 0 radical (unpaired) electrons. The molecule has 2 atom stereocenters. The molecule has 2 aromatic rings. The summed E-state index contributed by atoms with van der Waals surface area (Å²) in [7, 11) is 0. The summed E-state index contributed by atoms with van der Waals surface area (Å²) in [6.07, 6.45) is 4.72. The van der Waals surface area contributed by atoms with Crippen LogP contribution in [-0.4, -0.2) is 55.0 Å². The largest absolute Gasteiger partial charge is 0.458 e. The van der Waals surface area contributed by atoms with Crippen LogP contribution in [0.25, 0.3) is 11.2 Å². The van der Waals surface area contributed by atoms with E-state index in [1.807, 2.05) is 6.08 Å². The molecule has 1 aliphatic rings. The molecule has 0 saturated heterocycles. The van der Waals surface area contributed by atoms with Crippen LogP contribution in [0.3, 0.4) is 0 Å².